The molecule has 2 fully saturated rings. The number of carbonyl (C=O) groups is 2. The second-order valence-electron chi connectivity index (χ2n) is 8.70. The standard InChI is InChI=1S/C24H23ClN4O4/c1-33-19-7-6-14(12-18(19)25)26-22(31)17-13-24(17)8-10-29(11-9-24)23(32)20-15-4-2-3-5-16(15)21(30)28-27-20/h2-7,12,17H,8-11,13H2,1H3,(H,26,31)(H,28,30). The highest BCUT2D eigenvalue weighted by Gasteiger charge is 2.58. The van der Waals surface area contributed by atoms with Crippen LogP contribution in [0.5, 0.6) is 5.75 Å². The Morgan fingerprint density at radius 2 is 1.91 bits per heavy atom. The summed E-state index contributed by atoms with van der Waals surface area (Å²) in [6, 6.07) is 12.1. The molecule has 3 aromatic rings. The van der Waals surface area contributed by atoms with Gasteiger partial charge in [0.1, 0.15) is 5.75 Å². The zero-order chi connectivity index (χ0) is 23.2. The summed E-state index contributed by atoms with van der Waals surface area (Å²) in [6.07, 6.45) is 2.31. The van der Waals surface area contributed by atoms with E-state index in [1.165, 1.54) is 0 Å². The first kappa shape index (κ1) is 21.5. The van der Waals surface area contributed by atoms with E-state index in [1.54, 1.807) is 54.5 Å². The molecule has 1 aromatic heterocycles. The van der Waals surface area contributed by atoms with Crippen LogP contribution in [0.15, 0.2) is 47.3 Å². The summed E-state index contributed by atoms with van der Waals surface area (Å²) in [5, 5.41) is 10.8. The second kappa shape index (κ2) is 8.19. The van der Waals surface area contributed by atoms with Crippen molar-refractivity contribution >= 4 is 39.9 Å². The normalized spacial score (nSPS) is 18.8. The smallest absolute Gasteiger partial charge is 0.274 e. The molecule has 1 saturated heterocycles. The Labute approximate surface area is 194 Å². The largest absolute Gasteiger partial charge is 0.495 e. The van der Waals surface area contributed by atoms with E-state index in [1.807, 2.05) is 0 Å². The molecule has 0 radical (unpaired) electrons. The van der Waals surface area contributed by atoms with Gasteiger partial charge in [-0.3, -0.25) is 14.4 Å². The third-order valence-corrected chi connectivity index (χ3v) is 7.17. The topological polar surface area (TPSA) is 104 Å². The second-order valence-corrected chi connectivity index (χ2v) is 9.10. The molecule has 2 N–H and O–H groups in total. The van der Waals surface area contributed by atoms with Crippen LogP contribution in [-0.2, 0) is 4.79 Å². The summed E-state index contributed by atoms with van der Waals surface area (Å²) in [7, 11) is 1.54. The molecule has 1 atom stereocenters. The van der Waals surface area contributed by atoms with Crippen molar-refractivity contribution in [1.82, 2.24) is 15.1 Å². The lowest BCUT2D eigenvalue weighted by Gasteiger charge is -2.32. The van der Waals surface area contributed by atoms with Crippen LogP contribution in [0.3, 0.4) is 0 Å². The molecule has 2 heterocycles. The number of fused-ring (bicyclic) bond motifs is 1. The molecule has 0 bridgehead atoms. The SMILES string of the molecule is COc1ccc(NC(=O)C2CC23CCN(C(=O)c2n[nH]c(=O)c4ccccc24)CC3)cc1Cl. The van der Waals surface area contributed by atoms with Crippen molar-refractivity contribution in [3.05, 3.63) is 63.5 Å². The zero-order valence-electron chi connectivity index (χ0n) is 18.1. The molecule has 1 aliphatic heterocycles. The van der Waals surface area contributed by atoms with E-state index in [9.17, 15) is 14.4 Å². The number of piperidine rings is 1. The van der Waals surface area contributed by atoms with Crippen molar-refractivity contribution in [1.29, 1.82) is 0 Å². The Balaban J connectivity index is 1.23. The van der Waals surface area contributed by atoms with E-state index in [2.05, 4.69) is 15.5 Å². The first-order chi connectivity index (χ1) is 15.9. The number of nitrogens with zero attached hydrogens (tertiary/aromatic N) is 2. The summed E-state index contributed by atoms with van der Waals surface area (Å²) < 4.78 is 5.15. The number of methoxy groups -OCH3 is 1. The minimum absolute atomic E-state index is 0.0238. The van der Waals surface area contributed by atoms with E-state index >= 15 is 0 Å². The van der Waals surface area contributed by atoms with Gasteiger partial charge < -0.3 is 15.0 Å². The Morgan fingerprint density at radius 1 is 1.18 bits per heavy atom. The van der Waals surface area contributed by atoms with E-state index < -0.39 is 0 Å². The van der Waals surface area contributed by atoms with Crippen LogP contribution in [0.4, 0.5) is 5.69 Å². The van der Waals surface area contributed by atoms with Gasteiger partial charge in [-0.1, -0.05) is 29.8 Å². The predicted molar refractivity (Wildman–Crippen MR) is 125 cm³/mol. The number of anilines is 1. The Morgan fingerprint density at radius 3 is 2.61 bits per heavy atom. The molecular weight excluding hydrogens is 444 g/mol. The Kier molecular flexibility index (Phi) is 5.32. The van der Waals surface area contributed by atoms with Gasteiger partial charge in [0.2, 0.25) is 5.91 Å². The number of halogens is 1. The van der Waals surface area contributed by atoms with Crippen molar-refractivity contribution in [2.45, 2.75) is 19.3 Å². The molecule has 2 amide bonds. The highest BCUT2D eigenvalue weighted by Crippen LogP contribution is 2.59. The molecular formula is C24H23ClN4O4. The maximum Gasteiger partial charge on any atom is 0.274 e. The lowest BCUT2D eigenvalue weighted by atomic mass is 9.90. The molecule has 1 aliphatic carbocycles. The lowest BCUT2D eigenvalue weighted by molar-refractivity contribution is -0.118. The van der Waals surface area contributed by atoms with E-state index in [-0.39, 0.29) is 34.4 Å². The Hall–Kier alpha value is -3.39. The van der Waals surface area contributed by atoms with Crippen molar-refractivity contribution in [3.63, 3.8) is 0 Å². The van der Waals surface area contributed by atoms with Crippen LogP contribution in [0.25, 0.3) is 10.8 Å². The van der Waals surface area contributed by atoms with Gasteiger partial charge >= 0.3 is 0 Å². The number of hydrogen-bond acceptors (Lipinski definition) is 5. The number of carbonyl (C=O) groups excluding carboxylic acids is 2. The van der Waals surface area contributed by atoms with Crippen LogP contribution in [-0.4, -0.2) is 47.1 Å². The predicted octanol–water partition coefficient (Wildman–Crippen LogP) is 3.47. The van der Waals surface area contributed by atoms with Crippen LogP contribution in [0, 0.1) is 11.3 Å². The molecule has 1 spiro atoms. The van der Waals surface area contributed by atoms with Crippen LogP contribution in [0.2, 0.25) is 5.02 Å². The number of likely N-dealkylation sites (tertiary alicyclic amines) is 1. The van der Waals surface area contributed by atoms with Crippen molar-refractivity contribution in [3.8, 4) is 5.75 Å². The third-order valence-electron chi connectivity index (χ3n) is 6.87. The molecule has 1 unspecified atom stereocenters. The van der Waals surface area contributed by atoms with Crippen molar-refractivity contribution < 1.29 is 14.3 Å². The van der Waals surface area contributed by atoms with Gasteiger partial charge in [0.05, 0.1) is 17.5 Å². The summed E-state index contributed by atoms with van der Waals surface area (Å²) in [5.41, 5.74) is 0.501. The number of amides is 2. The van der Waals surface area contributed by atoms with Gasteiger partial charge in [-0.15, -0.1) is 0 Å². The summed E-state index contributed by atoms with van der Waals surface area (Å²) >= 11 is 6.15. The highest BCUT2D eigenvalue weighted by atomic mass is 35.5. The number of nitrogens with one attached hydrogen (secondary N) is 2. The van der Waals surface area contributed by atoms with Gasteiger partial charge in [-0.2, -0.15) is 5.10 Å². The number of ether oxygens (including phenoxy) is 1. The minimum atomic E-state index is -0.315. The fourth-order valence-electron chi connectivity index (χ4n) is 4.83. The average molecular weight is 467 g/mol. The molecule has 9 heteroatoms. The molecule has 5 rings (SSSR count). The quantitative estimate of drug-likeness (QED) is 0.612. The van der Waals surface area contributed by atoms with Crippen LogP contribution < -0.4 is 15.6 Å². The van der Waals surface area contributed by atoms with Gasteiger partial charge in [0.25, 0.3) is 11.5 Å². The number of hydrogen-bond donors (Lipinski definition) is 2. The molecule has 2 aromatic carbocycles. The minimum Gasteiger partial charge on any atom is -0.495 e. The third kappa shape index (κ3) is 3.84. The van der Waals surface area contributed by atoms with Crippen molar-refractivity contribution in [2.24, 2.45) is 11.3 Å². The number of H-pyrrole nitrogens is 1. The highest BCUT2D eigenvalue weighted by molar-refractivity contribution is 6.32. The number of benzene rings is 2. The summed E-state index contributed by atoms with van der Waals surface area (Å²) in [5.74, 6) is 0.248. The summed E-state index contributed by atoms with van der Waals surface area (Å²) in [6.45, 7) is 1.10. The molecule has 2 aliphatic rings. The molecule has 8 nitrogen and oxygen atoms in total. The monoisotopic (exact) mass is 466 g/mol. The van der Waals surface area contributed by atoms with E-state index in [0.717, 1.165) is 19.3 Å². The van der Waals surface area contributed by atoms with Gasteiger partial charge in [-0.05, 0) is 48.9 Å². The lowest BCUT2D eigenvalue weighted by Crippen LogP contribution is -2.41. The first-order valence-corrected chi connectivity index (χ1v) is 11.2. The fourth-order valence-corrected chi connectivity index (χ4v) is 5.08. The van der Waals surface area contributed by atoms with Gasteiger partial charge in [0, 0.05) is 30.1 Å². The van der Waals surface area contributed by atoms with Crippen molar-refractivity contribution in [2.75, 3.05) is 25.5 Å². The maximum absolute atomic E-state index is 13.1. The average Bonchev–Trinajstić information content (AvgIpc) is 3.53. The number of aromatic nitrogens is 2. The summed E-state index contributed by atoms with van der Waals surface area (Å²) in [4.78, 5) is 39.7. The van der Waals surface area contributed by atoms with Crippen LogP contribution >= 0.6 is 11.6 Å². The fraction of sp³-hybridized carbons (Fsp3) is 0.333. The van der Waals surface area contributed by atoms with E-state index in [4.69, 9.17) is 16.3 Å². The molecule has 33 heavy (non-hydrogen) atoms. The van der Waals surface area contributed by atoms with Crippen LogP contribution in [0.1, 0.15) is 29.8 Å². The van der Waals surface area contributed by atoms with Gasteiger partial charge in [-0.25, -0.2) is 5.10 Å². The Bertz CT molecular complexity index is 1310. The number of aromatic amines is 1. The van der Waals surface area contributed by atoms with Gasteiger partial charge in [0.15, 0.2) is 5.69 Å². The molecule has 170 valence electrons. The number of rotatable bonds is 4. The zero-order valence-corrected chi connectivity index (χ0v) is 18.8. The maximum atomic E-state index is 13.1. The van der Waals surface area contributed by atoms with E-state index in [0.29, 0.717) is 40.3 Å². The first-order valence-electron chi connectivity index (χ1n) is 10.8. The molecule has 1 saturated carbocycles.